The standard InChI is InChI=1S/C32H35N3O5/c1-18-23-16-29(40-4)28(39-3)14-19(23)11-12-35(18)17-21-13-20(9-10-27(21)38-2)30-31-24(15-26(34-30)32(36)37)22-7-5-6-8-25(22)33-31/h5-10,13-14,16,18,26,30,33-34H,11-12,15,17H2,1-4H3,(H,36,37). The van der Waals surface area contributed by atoms with Gasteiger partial charge in [0.15, 0.2) is 11.5 Å². The summed E-state index contributed by atoms with van der Waals surface area (Å²) < 4.78 is 16.9. The minimum absolute atomic E-state index is 0.168. The highest BCUT2D eigenvalue weighted by atomic mass is 16.5. The van der Waals surface area contributed by atoms with Crippen LogP contribution in [-0.4, -0.2) is 54.9 Å². The van der Waals surface area contributed by atoms with E-state index in [0.29, 0.717) is 13.0 Å². The summed E-state index contributed by atoms with van der Waals surface area (Å²) in [5, 5.41) is 14.4. The normalized spacial score (nSPS) is 20.6. The third-order valence-electron chi connectivity index (χ3n) is 8.53. The second-order valence-corrected chi connectivity index (χ2v) is 10.6. The third kappa shape index (κ3) is 4.47. The van der Waals surface area contributed by atoms with E-state index in [4.69, 9.17) is 14.2 Å². The van der Waals surface area contributed by atoms with Crippen LogP contribution in [-0.2, 0) is 24.2 Å². The number of carboxylic acid groups (broad SMARTS) is 1. The summed E-state index contributed by atoms with van der Waals surface area (Å²) in [6.45, 7) is 3.81. The second kappa shape index (κ2) is 10.5. The summed E-state index contributed by atoms with van der Waals surface area (Å²) in [5.41, 5.74) is 7.69. The molecule has 2 aliphatic heterocycles. The molecular formula is C32H35N3O5. The Morgan fingerprint density at radius 1 is 1.00 bits per heavy atom. The predicted octanol–water partition coefficient (Wildman–Crippen LogP) is 5.00. The van der Waals surface area contributed by atoms with E-state index in [2.05, 4.69) is 46.4 Å². The van der Waals surface area contributed by atoms with Crippen molar-refractivity contribution in [2.24, 2.45) is 0 Å². The van der Waals surface area contributed by atoms with E-state index in [1.165, 1.54) is 11.1 Å². The van der Waals surface area contributed by atoms with Gasteiger partial charge in [0.1, 0.15) is 11.8 Å². The molecule has 3 atom stereocenters. The first kappa shape index (κ1) is 26.2. The Balaban J connectivity index is 1.35. The first-order valence-electron chi connectivity index (χ1n) is 13.7. The van der Waals surface area contributed by atoms with Gasteiger partial charge in [-0.15, -0.1) is 0 Å². The molecule has 8 heteroatoms. The van der Waals surface area contributed by atoms with Gasteiger partial charge in [-0.05, 0) is 65.9 Å². The molecule has 3 heterocycles. The fourth-order valence-electron chi connectivity index (χ4n) is 6.39. The van der Waals surface area contributed by atoms with Crippen LogP contribution in [0.2, 0.25) is 0 Å². The maximum atomic E-state index is 12.1. The summed E-state index contributed by atoms with van der Waals surface area (Å²) >= 11 is 0. The zero-order valence-corrected chi connectivity index (χ0v) is 23.3. The molecule has 3 aromatic carbocycles. The first-order chi connectivity index (χ1) is 19.4. The number of benzene rings is 3. The van der Waals surface area contributed by atoms with Crippen LogP contribution >= 0.6 is 0 Å². The highest BCUT2D eigenvalue weighted by Gasteiger charge is 2.34. The molecule has 0 spiro atoms. The van der Waals surface area contributed by atoms with Crippen molar-refractivity contribution in [1.29, 1.82) is 0 Å². The van der Waals surface area contributed by atoms with Crippen LogP contribution in [0.5, 0.6) is 17.2 Å². The fraction of sp³-hybridized carbons (Fsp3) is 0.344. The number of nitrogens with one attached hydrogen (secondary N) is 2. The van der Waals surface area contributed by atoms with E-state index in [-0.39, 0.29) is 12.1 Å². The van der Waals surface area contributed by atoms with Crippen LogP contribution in [0.15, 0.2) is 54.6 Å². The number of aliphatic carboxylic acids is 1. The number of para-hydroxylation sites is 1. The molecule has 0 radical (unpaired) electrons. The minimum Gasteiger partial charge on any atom is -0.496 e. The number of ether oxygens (including phenoxy) is 3. The lowest BCUT2D eigenvalue weighted by molar-refractivity contribution is -0.139. The van der Waals surface area contributed by atoms with Gasteiger partial charge in [0.2, 0.25) is 0 Å². The van der Waals surface area contributed by atoms with Gasteiger partial charge in [-0.2, -0.15) is 0 Å². The molecule has 208 valence electrons. The largest absolute Gasteiger partial charge is 0.496 e. The molecule has 6 rings (SSSR count). The van der Waals surface area contributed by atoms with E-state index in [9.17, 15) is 9.90 Å². The van der Waals surface area contributed by atoms with Crippen molar-refractivity contribution in [3.63, 3.8) is 0 Å². The molecule has 3 N–H and O–H groups in total. The number of methoxy groups -OCH3 is 3. The maximum absolute atomic E-state index is 12.1. The number of hydrogen-bond donors (Lipinski definition) is 3. The van der Waals surface area contributed by atoms with Gasteiger partial charge in [0.25, 0.3) is 0 Å². The molecule has 0 aliphatic carbocycles. The predicted molar refractivity (Wildman–Crippen MR) is 153 cm³/mol. The molecule has 0 fully saturated rings. The van der Waals surface area contributed by atoms with E-state index in [1.807, 2.05) is 30.3 Å². The molecule has 0 bridgehead atoms. The summed E-state index contributed by atoms with van der Waals surface area (Å²) in [6, 6.07) is 17.7. The second-order valence-electron chi connectivity index (χ2n) is 10.6. The molecule has 8 nitrogen and oxygen atoms in total. The third-order valence-corrected chi connectivity index (χ3v) is 8.53. The van der Waals surface area contributed by atoms with Gasteiger partial charge >= 0.3 is 5.97 Å². The molecule has 2 aliphatic rings. The summed E-state index contributed by atoms with van der Waals surface area (Å²) in [5.74, 6) is 1.46. The van der Waals surface area contributed by atoms with Crippen molar-refractivity contribution in [3.8, 4) is 17.2 Å². The zero-order chi connectivity index (χ0) is 28.0. The fourth-order valence-corrected chi connectivity index (χ4v) is 6.39. The van der Waals surface area contributed by atoms with Gasteiger partial charge in [-0.1, -0.05) is 24.3 Å². The SMILES string of the molecule is COc1ccc(C2NC(C(=O)O)Cc3c2[nH]c2ccccc32)cc1CN1CCc2cc(OC)c(OC)cc2C1C. The van der Waals surface area contributed by atoms with Crippen LogP contribution in [0.4, 0.5) is 0 Å². The Morgan fingerprint density at radius 3 is 2.50 bits per heavy atom. The maximum Gasteiger partial charge on any atom is 0.321 e. The van der Waals surface area contributed by atoms with Gasteiger partial charge in [-0.25, -0.2) is 0 Å². The highest BCUT2D eigenvalue weighted by Crippen LogP contribution is 2.40. The highest BCUT2D eigenvalue weighted by molar-refractivity contribution is 5.87. The minimum atomic E-state index is -0.845. The van der Waals surface area contributed by atoms with Crippen LogP contribution in [0.3, 0.4) is 0 Å². The van der Waals surface area contributed by atoms with Crippen LogP contribution in [0.25, 0.3) is 10.9 Å². The molecular weight excluding hydrogens is 506 g/mol. The smallest absolute Gasteiger partial charge is 0.321 e. The number of fused-ring (bicyclic) bond motifs is 4. The summed E-state index contributed by atoms with van der Waals surface area (Å²) in [6.07, 6.45) is 1.35. The van der Waals surface area contributed by atoms with Gasteiger partial charge in [-0.3, -0.25) is 15.0 Å². The number of rotatable bonds is 7. The number of hydrogen-bond acceptors (Lipinski definition) is 6. The van der Waals surface area contributed by atoms with Crippen molar-refractivity contribution in [1.82, 2.24) is 15.2 Å². The van der Waals surface area contributed by atoms with Crippen LogP contribution < -0.4 is 19.5 Å². The Hall–Kier alpha value is -4.01. The monoisotopic (exact) mass is 541 g/mol. The molecule has 4 aromatic rings. The van der Waals surface area contributed by atoms with E-state index >= 15 is 0 Å². The average Bonchev–Trinajstić information content (AvgIpc) is 3.36. The first-order valence-corrected chi connectivity index (χ1v) is 13.7. The number of aromatic nitrogens is 1. The van der Waals surface area contributed by atoms with E-state index in [1.54, 1.807) is 21.3 Å². The van der Waals surface area contributed by atoms with Crippen molar-refractivity contribution in [3.05, 3.63) is 88.1 Å². The average molecular weight is 542 g/mol. The number of nitrogens with zero attached hydrogens (tertiary/aromatic N) is 1. The Morgan fingerprint density at radius 2 is 1.75 bits per heavy atom. The molecule has 0 amide bonds. The van der Waals surface area contributed by atoms with Gasteiger partial charge in [0, 0.05) is 47.7 Å². The summed E-state index contributed by atoms with van der Waals surface area (Å²) in [4.78, 5) is 18.2. The molecule has 0 saturated heterocycles. The van der Waals surface area contributed by atoms with Crippen molar-refractivity contribution in [2.45, 2.75) is 44.4 Å². The van der Waals surface area contributed by atoms with Crippen molar-refractivity contribution in [2.75, 3.05) is 27.9 Å². The Kier molecular flexibility index (Phi) is 6.90. The lowest BCUT2D eigenvalue weighted by Gasteiger charge is -2.36. The van der Waals surface area contributed by atoms with Crippen LogP contribution in [0, 0.1) is 0 Å². The number of aromatic amines is 1. The molecule has 0 saturated carbocycles. The molecule has 40 heavy (non-hydrogen) atoms. The number of carboxylic acids is 1. The number of H-pyrrole nitrogens is 1. The van der Waals surface area contributed by atoms with Crippen LogP contribution in [0.1, 0.15) is 52.5 Å². The lowest BCUT2D eigenvalue weighted by Crippen LogP contribution is -2.45. The van der Waals surface area contributed by atoms with E-state index < -0.39 is 12.0 Å². The quantitative estimate of drug-likeness (QED) is 0.303. The van der Waals surface area contributed by atoms with Gasteiger partial charge in [0.05, 0.1) is 27.4 Å². The van der Waals surface area contributed by atoms with Crippen molar-refractivity contribution < 1.29 is 24.1 Å². The topological polar surface area (TPSA) is 96.0 Å². The van der Waals surface area contributed by atoms with E-state index in [0.717, 1.165) is 63.5 Å². The summed E-state index contributed by atoms with van der Waals surface area (Å²) in [7, 11) is 5.03. The molecule has 1 aromatic heterocycles. The Bertz CT molecular complexity index is 1580. The van der Waals surface area contributed by atoms with Gasteiger partial charge < -0.3 is 24.3 Å². The molecule has 3 unspecified atom stereocenters. The lowest BCUT2D eigenvalue weighted by atomic mass is 9.89. The Labute approximate surface area is 233 Å². The zero-order valence-electron chi connectivity index (χ0n) is 23.3. The number of carbonyl (C=O) groups is 1. The van der Waals surface area contributed by atoms with Crippen molar-refractivity contribution >= 4 is 16.9 Å².